The lowest BCUT2D eigenvalue weighted by atomic mass is 10.1. The van der Waals surface area contributed by atoms with E-state index in [0.29, 0.717) is 11.7 Å². The summed E-state index contributed by atoms with van der Waals surface area (Å²) < 4.78 is 2.94. The second kappa shape index (κ2) is 5.45. The molecule has 1 N–H and O–H groups in total. The Bertz CT molecular complexity index is 843. The third-order valence-corrected chi connectivity index (χ3v) is 4.95. The minimum absolute atomic E-state index is 0.0886. The van der Waals surface area contributed by atoms with E-state index in [2.05, 4.69) is 35.3 Å². The maximum absolute atomic E-state index is 12.3. The topological polar surface area (TPSA) is 59.8 Å². The molecule has 1 fully saturated rings. The molecule has 1 aromatic carbocycles. The number of carbonyl (C=O) groups excluding carboxylic acids is 1. The number of hydrogen-bond donors (Lipinski definition) is 1. The molecule has 0 bridgehead atoms. The molecule has 1 saturated carbocycles. The van der Waals surface area contributed by atoms with E-state index in [9.17, 15) is 4.79 Å². The summed E-state index contributed by atoms with van der Waals surface area (Å²) in [7, 11) is 0. The van der Waals surface area contributed by atoms with Gasteiger partial charge in [-0.2, -0.15) is 5.10 Å². The first-order chi connectivity index (χ1) is 11.1. The number of amides is 1. The highest BCUT2D eigenvalue weighted by atomic mass is 32.1. The van der Waals surface area contributed by atoms with Gasteiger partial charge in [0.1, 0.15) is 0 Å². The fourth-order valence-electron chi connectivity index (χ4n) is 2.51. The Morgan fingerprint density at radius 1 is 1.35 bits per heavy atom. The molecule has 1 aliphatic carbocycles. The van der Waals surface area contributed by atoms with E-state index in [1.165, 1.54) is 0 Å². The Balaban J connectivity index is 1.76. The Labute approximate surface area is 138 Å². The maximum atomic E-state index is 12.3. The van der Waals surface area contributed by atoms with Crippen molar-refractivity contribution < 1.29 is 4.79 Å². The molecule has 2 aromatic heterocycles. The van der Waals surface area contributed by atoms with Gasteiger partial charge in [0.2, 0.25) is 5.13 Å². The number of thiazole rings is 1. The number of para-hydroxylation sites is 1. The molecule has 118 valence electrons. The van der Waals surface area contributed by atoms with Crippen molar-refractivity contribution >= 4 is 27.5 Å². The molecule has 0 atom stereocenters. The molecule has 5 nitrogen and oxygen atoms in total. The van der Waals surface area contributed by atoms with Crippen molar-refractivity contribution in [1.82, 2.24) is 20.1 Å². The summed E-state index contributed by atoms with van der Waals surface area (Å²) in [4.78, 5) is 16.9. The van der Waals surface area contributed by atoms with Gasteiger partial charge in [-0.1, -0.05) is 37.3 Å². The first kappa shape index (κ1) is 14.4. The lowest BCUT2D eigenvalue weighted by Gasteiger charge is -2.05. The number of aromatic nitrogens is 3. The van der Waals surface area contributed by atoms with Crippen LogP contribution in [0, 0.1) is 0 Å². The van der Waals surface area contributed by atoms with E-state index in [1.807, 2.05) is 28.9 Å². The second-order valence-corrected chi connectivity index (χ2v) is 7.24. The highest BCUT2D eigenvalue weighted by molar-refractivity contribution is 7.20. The van der Waals surface area contributed by atoms with Crippen LogP contribution >= 0.6 is 11.3 Å². The average Bonchev–Trinajstić information content (AvgIpc) is 3.08. The molecule has 0 radical (unpaired) electrons. The van der Waals surface area contributed by atoms with Crippen molar-refractivity contribution in [3.05, 3.63) is 41.7 Å². The largest absolute Gasteiger partial charge is 0.348 e. The maximum Gasteiger partial charge on any atom is 0.272 e. The number of rotatable bonds is 4. The normalized spacial score (nSPS) is 14.6. The fraction of sp³-hybridized carbons (Fsp3) is 0.353. The molecule has 3 aromatic rings. The van der Waals surface area contributed by atoms with E-state index in [0.717, 1.165) is 33.9 Å². The fourth-order valence-corrected chi connectivity index (χ4v) is 3.45. The SMILES string of the molecule is CC(C)c1cc(C(=O)NC2CC2)nn1-c1nc2ccccc2s1. The van der Waals surface area contributed by atoms with Gasteiger partial charge in [-0.15, -0.1) is 0 Å². The van der Waals surface area contributed by atoms with Crippen molar-refractivity contribution in [3.63, 3.8) is 0 Å². The van der Waals surface area contributed by atoms with Crippen molar-refractivity contribution in [2.24, 2.45) is 0 Å². The minimum Gasteiger partial charge on any atom is -0.348 e. The van der Waals surface area contributed by atoms with Crippen LogP contribution < -0.4 is 5.32 Å². The zero-order valence-electron chi connectivity index (χ0n) is 13.1. The standard InChI is InChI=1S/C17H18N4OS/c1-10(2)14-9-13(16(22)18-11-7-8-11)20-21(14)17-19-12-5-3-4-6-15(12)23-17/h3-6,9-11H,7-8H2,1-2H3,(H,18,22). The number of nitrogens with one attached hydrogen (secondary N) is 1. The van der Waals surface area contributed by atoms with E-state index >= 15 is 0 Å². The molecule has 0 saturated heterocycles. The number of fused-ring (bicyclic) bond motifs is 1. The van der Waals surface area contributed by atoms with Crippen LogP contribution in [-0.4, -0.2) is 26.7 Å². The monoisotopic (exact) mass is 326 g/mol. The smallest absolute Gasteiger partial charge is 0.272 e. The van der Waals surface area contributed by atoms with Gasteiger partial charge in [-0.25, -0.2) is 9.67 Å². The van der Waals surface area contributed by atoms with Gasteiger partial charge < -0.3 is 5.32 Å². The predicted molar refractivity (Wildman–Crippen MR) is 91.3 cm³/mol. The molecule has 1 aliphatic rings. The third-order valence-electron chi connectivity index (χ3n) is 3.94. The minimum atomic E-state index is -0.0886. The Hall–Kier alpha value is -2.21. The Kier molecular flexibility index (Phi) is 3.41. The third kappa shape index (κ3) is 2.74. The molecule has 0 spiro atoms. The van der Waals surface area contributed by atoms with Crippen molar-refractivity contribution in [1.29, 1.82) is 0 Å². The second-order valence-electron chi connectivity index (χ2n) is 6.23. The molecular weight excluding hydrogens is 308 g/mol. The summed E-state index contributed by atoms with van der Waals surface area (Å²) >= 11 is 1.59. The van der Waals surface area contributed by atoms with E-state index in [4.69, 9.17) is 0 Å². The van der Waals surface area contributed by atoms with Gasteiger partial charge in [0, 0.05) is 6.04 Å². The zero-order chi connectivity index (χ0) is 16.0. The molecule has 0 unspecified atom stereocenters. The average molecular weight is 326 g/mol. The highest BCUT2D eigenvalue weighted by Crippen LogP contribution is 2.28. The number of benzene rings is 1. The van der Waals surface area contributed by atoms with Gasteiger partial charge in [0.15, 0.2) is 5.69 Å². The molecule has 4 rings (SSSR count). The van der Waals surface area contributed by atoms with Crippen LogP contribution in [0.15, 0.2) is 30.3 Å². The van der Waals surface area contributed by atoms with Crippen LogP contribution in [0.1, 0.15) is 48.8 Å². The molecular formula is C17H18N4OS. The van der Waals surface area contributed by atoms with Crippen LogP contribution in [0.3, 0.4) is 0 Å². The summed E-state index contributed by atoms with van der Waals surface area (Å²) in [5, 5.41) is 8.33. The van der Waals surface area contributed by atoms with Gasteiger partial charge in [0.25, 0.3) is 5.91 Å². The van der Waals surface area contributed by atoms with Crippen LogP contribution in [0.5, 0.6) is 0 Å². The van der Waals surface area contributed by atoms with Gasteiger partial charge in [-0.3, -0.25) is 4.79 Å². The molecule has 1 amide bonds. The summed E-state index contributed by atoms with van der Waals surface area (Å²) in [6.07, 6.45) is 2.14. The highest BCUT2D eigenvalue weighted by Gasteiger charge is 2.26. The van der Waals surface area contributed by atoms with Gasteiger partial charge in [-0.05, 0) is 37.0 Å². The first-order valence-corrected chi connectivity index (χ1v) is 8.70. The van der Waals surface area contributed by atoms with E-state index in [1.54, 1.807) is 11.3 Å². The molecule has 23 heavy (non-hydrogen) atoms. The van der Waals surface area contributed by atoms with Crippen LogP contribution in [0.2, 0.25) is 0 Å². The van der Waals surface area contributed by atoms with E-state index in [-0.39, 0.29) is 11.8 Å². The first-order valence-electron chi connectivity index (χ1n) is 7.88. The number of carbonyl (C=O) groups is 1. The summed E-state index contributed by atoms with van der Waals surface area (Å²) in [6, 6.07) is 10.2. The summed E-state index contributed by atoms with van der Waals surface area (Å²) in [5.41, 5.74) is 2.44. The van der Waals surface area contributed by atoms with Crippen LogP contribution in [0.25, 0.3) is 15.3 Å². The molecule has 0 aliphatic heterocycles. The lowest BCUT2D eigenvalue weighted by Crippen LogP contribution is -2.25. The zero-order valence-corrected chi connectivity index (χ0v) is 13.9. The van der Waals surface area contributed by atoms with Crippen molar-refractivity contribution in [3.8, 4) is 5.13 Å². The van der Waals surface area contributed by atoms with Crippen molar-refractivity contribution in [2.45, 2.75) is 38.6 Å². The molecule has 6 heteroatoms. The Morgan fingerprint density at radius 2 is 2.13 bits per heavy atom. The predicted octanol–water partition coefficient (Wildman–Crippen LogP) is 3.50. The van der Waals surface area contributed by atoms with Gasteiger partial charge in [0.05, 0.1) is 15.9 Å². The van der Waals surface area contributed by atoms with Gasteiger partial charge >= 0.3 is 0 Å². The quantitative estimate of drug-likeness (QED) is 0.798. The van der Waals surface area contributed by atoms with Crippen LogP contribution in [-0.2, 0) is 0 Å². The summed E-state index contributed by atoms with van der Waals surface area (Å²) in [6.45, 7) is 4.20. The van der Waals surface area contributed by atoms with Crippen LogP contribution in [0.4, 0.5) is 0 Å². The van der Waals surface area contributed by atoms with E-state index < -0.39 is 0 Å². The summed E-state index contributed by atoms with van der Waals surface area (Å²) in [5.74, 6) is 0.172. The van der Waals surface area contributed by atoms with Crippen molar-refractivity contribution in [2.75, 3.05) is 0 Å². The molecule has 2 heterocycles. The number of nitrogens with zero attached hydrogens (tertiary/aromatic N) is 3. The number of hydrogen-bond acceptors (Lipinski definition) is 4. The Morgan fingerprint density at radius 3 is 2.83 bits per heavy atom. The lowest BCUT2D eigenvalue weighted by molar-refractivity contribution is 0.0945.